The van der Waals surface area contributed by atoms with Crippen molar-refractivity contribution in [2.75, 3.05) is 11.9 Å². The second kappa shape index (κ2) is 6.21. The van der Waals surface area contributed by atoms with Crippen LogP contribution in [0.2, 0.25) is 0 Å². The van der Waals surface area contributed by atoms with Gasteiger partial charge in [0.15, 0.2) is 5.17 Å². The Bertz CT molecular complexity index is 486. The van der Waals surface area contributed by atoms with Crippen LogP contribution in [0.3, 0.4) is 0 Å². The van der Waals surface area contributed by atoms with Crippen LogP contribution in [0.15, 0.2) is 29.3 Å². The highest BCUT2D eigenvalue weighted by Crippen LogP contribution is 2.32. The number of aliphatic imine (C=N–C) groups is 1. The van der Waals surface area contributed by atoms with Gasteiger partial charge in [0.1, 0.15) is 0 Å². The first kappa shape index (κ1) is 15.4. The van der Waals surface area contributed by atoms with E-state index in [1.165, 1.54) is 12.0 Å². The molecule has 1 N–H and O–H groups in total. The second-order valence-electron chi connectivity index (χ2n) is 7.06. The average Bonchev–Trinajstić information content (AvgIpc) is 2.74. The molecule has 0 saturated heterocycles. The summed E-state index contributed by atoms with van der Waals surface area (Å²) in [5.74, 6) is 0.559. The number of nitrogens with zero attached hydrogens (tertiary/aromatic N) is 1. The maximum absolute atomic E-state index is 4.64. The maximum Gasteiger partial charge on any atom is 0.161 e. The van der Waals surface area contributed by atoms with Crippen LogP contribution in [0.1, 0.15) is 52.5 Å². The van der Waals surface area contributed by atoms with Crippen LogP contribution in [0.4, 0.5) is 5.69 Å². The molecule has 3 heteroatoms. The fourth-order valence-electron chi connectivity index (χ4n) is 2.37. The van der Waals surface area contributed by atoms with Crippen molar-refractivity contribution >= 4 is 22.6 Å². The van der Waals surface area contributed by atoms with E-state index in [1.807, 2.05) is 11.8 Å². The summed E-state index contributed by atoms with van der Waals surface area (Å²) < 4.78 is 0. The minimum atomic E-state index is 0.375. The van der Waals surface area contributed by atoms with Crippen molar-refractivity contribution in [2.45, 2.75) is 52.2 Å². The number of hydrogen-bond acceptors (Lipinski definition) is 3. The standard InChI is InChI=1S/C17H26N2S/c1-12(2)13-7-6-8-14(9-13)19-16-18-11-15(20-16)10-17(3,4)5/h6-9,12,15H,10-11H2,1-5H3,(H,18,19). The average molecular weight is 290 g/mol. The summed E-state index contributed by atoms with van der Waals surface area (Å²) >= 11 is 1.89. The van der Waals surface area contributed by atoms with E-state index in [1.54, 1.807) is 0 Å². The Morgan fingerprint density at radius 2 is 2.10 bits per heavy atom. The molecule has 1 aromatic carbocycles. The monoisotopic (exact) mass is 290 g/mol. The fraction of sp³-hybridized carbons (Fsp3) is 0.588. The molecule has 1 aliphatic heterocycles. The Balaban J connectivity index is 1.94. The van der Waals surface area contributed by atoms with E-state index >= 15 is 0 Å². The molecule has 20 heavy (non-hydrogen) atoms. The van der Waals surface area contributed by atoms with Gasteiger partial charge in [-0.05, 0) is 35.4 Å². The zero-order valence-corrected chi connectivity index (χ0v) is 14.1. The molecule has 1 atom stereocenters. The Morgan fingerprint density at radius 1 is 1.35 bits per heavy atom. The number of rotatable bonds is 3. The highest BCUT2D eigenvalue weighted by Gasteiger charge is 2.25. The summed E-state index contributed by atoms with van der Waals surface area (Å²) in [6.45, 7) is 12.3. The number of hydrogen-bond donors (Lipinski definition) is 1. The molecule has 110 valence electrons. The van der Waals surface area contributed by atoms with Crippen molar-refractivity contribution in [3.05, 3.63) is 29.8 Å². The summed E-state index contributed by atoms with van der Waals surface area (Å²) in [7, 11) is 0. The van der Waals surface area contributed by atoms with Gasteiger partial charge in [-0.15, -0.1) is 0 Å². The van der Waals surface area contributed by atoms with Crippen LogP contribution in [0.25, 0.3) is 0 Å². The third-order valence-electron chi connectivity index (χ3n) is 3.36. The molecule has 0 aromatic heterocycles. The van der Waals surface area contributed by atoms with Crippen molar-refractivity contribution in [2.24, 2.45) is 10.4 Å². The van der Waals surface area contributed by atoms with Crippen LogP contribution in [0, 0.1) is 5.41 Å². The molecule has 0 spiro atoms. The predicted octanol–water partition coefficient (Wildman–Crippen LogP) is 5.13. The van der Waals surface area contributed by atoms with E-state index in [4.69, 9.17) is 0 Å². The lowest BCUT2D eigenvalue weighted by molar-refractivity contribution is 0.375. The minimum Gasteiger partial charge on any atom is -0.335 e. The third-order valence-corrected chi connectivity index (χ3v) is 4.46. The fourth-order valence-corrected chi connectivity index (χ4v) is 3.75. The van der Waals surface area contributed by atoms with Crippen LogP contribution in [-0.2, 0) is 0 Å². The molecule has 1 unspecified atom stereocenters. The normalized spacial score (nSPS) is 19.3. The van der Waals surface area contributed by atoms with E-state index in [0.717, 1.165) is 17.4 Å². The predicted molar refractivity (Wildman–Crippen MR) is 91.9 cm³/mol. The zero-order chi connectivity index (χ0) is 14.8. The molecule has 2 nitrogen and oxygen atoms in total. The molecular weight excluding hydrogens is 264 g/mol. The molecule has 0 saturated carbocycles. The van der Waals surface area contributed by atoms with Gasteiger partial charge in [-0.2, -0.15) is 0 Å². The number of amidine groups is 1. The minimum absolute atomic E-state index is 0.375. The summed E-state index contributed by atoms with van der Waals surface area (Å²) in [6, 6.07) is 8.64. The Labute approximate surface area is 127 Å². The van der Waals surface area contributed by atoms with Crippen LogP contribution < -0.4 is 5.32 Å². The largest absolute Gasteiger partial charge is 0.335 e. The van der Waals surface area contributed by atoms with Gasteiger partial charge in [-0.1, -0.05) is 58.5 Å². The van der Waals surface area contributed by atoms with Crippen molar-refractivity contribution in [3.8, 4) is 0 Å². The van der Waals surface area contributed by atoms with E-state index in [2.05, 4.69) is 69.2 Å². The summed E-state index contributed by atoms with van der Waals surface area (Å²) in [6.07, 6.45) is 1.21. The van der Waals surface area contributed by atoms with Gasteiger partial charge in [0, 0.05) is 10.9 Å². The van der Waals surface area contributed by atoms with Crippen molar-refractivity contribution in [1.82, 2.24) is 0 Å². The lowest BCUT2D eigenvalue weighted by Gasteiger charge is -2.21. The molecule has 1 aromatic rings. The quantitative estimate of drug-likeness (QED) is 0.834. The van der Waals surface area contributed by atoms with E-state index < -0.39 is 0 Å². The van der Waals surface area contributed by atoms with Crippen LogP contribution >= 0.6 is 11.8 Å². The van der Waals surface area contributed by atoms with Crippen molar-refractivity contribution < 1.29 is 0 Å². The second-order valence-corrected chi connectivity index (χ2v) is 8.34. The number of thioether (sulfide) groups is 1. The lowest BCUT2D eigenvalue weighted by Crippen LogP contribution is -2.16. The van der Waals surface area contributed by atoms with Crippen LogP contribution in [0.5, 0.6) is 0 Å². The van der Waals surface area contributed by atoms with Gasteiger partial charge < -0.3 is 5.32 Å². The molecule has 0 fully saturated rings. The molecule has 0 radical (unpaired) electrons. The lowest BCUT2D eigenvalue weighted by atomic mass is 9.90. The SMILES string of the molecule is CC(C)c1cccc(NC2=NCC(CC(C)(C)C)S2)c1. The first-order chi connectivity index (χ1) is 9.33. The maximum atomic E-state index is 4.64. The van der Waals surface area contributed by atoms with E-state index in [9.17, 15) is 0 Å². The number of benzene rings is 1. The zero-order valence-electron chi connectivity index (χ0n) is 13.2. The first-order valence-corrected chi connectivity index (χ1v) is 8.29. The molecule has 1 aliphatic rings. The smallest absolute Gasteiger partial charge is 0.161 e. The molecule has 2 rings (SSSR count). The van der Waals surface area contributed by atoms with Gasteiger partial charge in [-0.3, -0.25) is 4.99 Å². The highest BCUT2D eigenvalue weighted by molar-refractivity contribution is 8.15. The summed E-state index contributed by atoms with van der Waals surface area (Å²) in [5, 5.41) is 5.15. The van der Waals surface area contributed by atoms with Gasteiger partial charge in [0.05, 0.1) is 6.54 Å². The Kier molecular flexibility index (Phi) is 4.79. The van der Waals surface area contributed by atoms with Gasteiger partial charge >= 0.3 is 0 Å². The van der Waals surface area contributed by atoms with Crippen LogP contribution in [-0.4, -0.2) is 17.0 Å². The van der Waals surface area contributed by atoms with Gasteiger partial charge in [-0.25, -0.2) is 0 Å². The molecule has 1 heterocycles. The Morgan fingerprint density at radius 3 is 2.75 bits per heavy atom. The van der Waals surface area contributed by atoms with Crippen molar-refractivity contribution in [3.63, 3.8) is 0 Å². The molecule has 0 bridgehead atoms. The van der Waals surface area contributed by atoms with Gasteiger partial charge in [0.25, 0.3) is 0 Å². The molecular formula is C17H26N2S. The molecule has 0 aliphatic carbocycles. The summed E-state index contributed by atoms with van der Waals surface area (Å²) in [5.41, 5.74) is 2.89. The number of nitrogens with one attached hydrogen (secondary N) is 1. The summed E-state index contributed by atoms with van der Waals surface area (Å²) in [4.78, 5) is 4.64. The molecule has 0 amide bonds. The van der Waals surface area contributed by atoms with Gasteiger partial charge in [0.2, 0.25) is 0 Å². The first-order valence-electron chi connectivity index (χ1n) is 7.41. The Hall–Kier alpha value is -0.960. The van der Waals surface area contributed by atoms with Crippen molar-refractivity contribution in [1.29, 1.82) is 0 Å². The third kappa shape index (κ3) is 4.55. The number of anilines is 1. The van der Waals surface area contributed by atoms with E-state index in [-0.39, 0.29) is 0 Å². The van der Waals surface area contributed by atoms with E-state index in [0.29, 0.717) is 16.6 Å². The highest BCUT2D eigenvalue weighted by atomic mass is 32.2. The topological polar surface area (TPSA) is 24.4 Å².